The first-order chi connectivity index (χ1) is 18.3. The maximum absolute atomic E-state index is 13.4. The largest absolute Gasteiger partial charge is 0.332 e. The van der Waals surface area contributed by atoms with Crippen LogP contribution >= 0.6 is 23.2 Å². The molecule has 0 aliphatic carbocycles. The van der Waals surface area contributed by atoms with E-state index in [1.807, 2.05) is 47.0 Å². The summed E-state index contributed by atoms with van der Waals surface area (Å²) in [5, 5.41) is 1.03. The number of fused-ring (bicyclic) bond motifs is 1. The summed E-state index contributed by atoms with van der Waals surface area (Å²) < 4.78 is 4.40. The molecule has 194 valence electrons. The van der Waals surface area contributed by atoms with E-state index in [9.17, 15) is 9.59 Å². The molecule has 0 atom stereocenters. The van der Waals surface area contributed by atoms with Gasteiger partial charge >= 0.3 is 5.69 Å². The molecule has 0 aliphatic rings. The number of aryl methyl sites for hydroxylation is 1. The van der Waals surface area contributed by atoms with Crippen LogP contribution in [-0.2, 0) is 40.3 Å². The summed E-state index contributed by atoms with van der Waals surface area (Å²) in [5.41, 5.74) is 3.00. The molecule has 0 bridgehead atoms. The molecule has 5 rings (SSSR count). The third-order valence-electron chi connectivity index (χ3n) is 6.63. The van der Waals surface area contributed by atoms with Crippen molar-refractivity contribution < 1.29 is 0 Å². The van der Waals surface area contributed by atoms with Gasteiger partial charge in [-0.2, -0.15) is 0 Å². The zero-order chi connectivity index (χ0) is 26.8. The normalized spacial score (nSPS) is 11.5. The highest BCUT2D eigenvalue weighted by atomic mass is 35.5. The van der Waals surface area contributed by atoms with Gasteiger partial charge in [-0.1, -0.05) is 89.9 Å². The van der Waals surface area contributed by atoms with E-state index in [-0.39, 0.29) is 0 Å². The Morgan fingerprint density at radius 2 is 1.39 bits per heavy atom. The van der Waals surface area contributed by atoms with Crippen LogP contribution in [0.1, 0.15) is 22.5 Å². The van der Waals surface area contributed by atoms with Gasteiger partial charge in [0.2, 0.25) is 0 Å². The maximum atomic E-state index is 13.4. The first kappa shape index (κ1) is 26.0. The lowest BCUT2D eigenvalue weighted by Crippen LogP contribution is -2.37. The average molecular weight is 548 g/mol. The summed E-state index contributed by atoms with van der Waals surface area (Å²) in [6.45, 7) is 2.11. The molecular weight excluding hydrogens is 521 g/mol. The molecule has 9 heteroatoms. The molecule has 0 saturated heterocycles. The van der Waals surface area contributed by atoms with Crippen LogP contribution in [-0.4, -0.2) is 23.6 Å². The molecule has 0 aliphatic heterocycles. The van der Waals surface area contributed by atoms with Gasteiger partial charge in [0.25, 0.3) is 5.56 Å². The van der Waals surface area contributed by atoms with Crippen LogP contribution in [0.15, 0.2) is 88.5 Å². The number of halogens is 2. The minimum atomic E-state index is -0.423. The number of imidazole rings is 1. The third-order valence-corrected chi connectivity index (χ3v) is 7.22. The molecule has 0 fully saturated rings. The number of aromatic nitrogens is 4. The SMILES string of the molecule is Cn1c(=O)c2c(nc(CN(Cc3ccccc3)Cc3ccccc3)n2Cc2ccc(Cl)cc2Cl)n(C)c1=O. The zero-order valence-electron chi connectivity index (χ0n) is 21.1. The molecule has 3 aromatic carbocycles. The summed E-state index contributed by atoms with van der Waals surface area (Å²) >= 11 is 12.7. The van der Waals surface area contributed by atoms with Crippen LogP contribution in [0.4, 0.5) is 0 Å². The van der Waals surface area contributed by atoms with E-state index in [0.717, 1.165) is 21.3 Å². The molecule has 38 heavy (non-hydrogen) atoms. The second-order valence-corrected chi connectivity index (χ2v) is 10.2. The van der Waals surface area contributed by atoms with Crippen LogP contribution in [0.25, 0.3) is 11.2 Å². The van der Waals surface area contributed by atoms with E-state index in [0.29, 0.717) is 53.2 Å². The average Bonchev–Trinajstić information content (AvgIpc) is 3.26. The lowest BCUT2D eigenvalue weighted by Gasteiger charge is -2.23. The van der Waals surface area contributed by atoms with Crippen LogP contribution < -0.4 is 11.2 Å². The molecule has 0 amide bonds. The number of rotatable bonds is 8. The van der Waals surface area contributed by atoms with Gasteiger partial charge in [-0.15, -0.1) is 0 Å². The molecule has 0 radical (unpaired) electrons. The smallest absolute Gasteiger partial charge is 0.316 e. The van der Waals surface area contributed by atoms with Crippen molar-refractivity contribution in [3.8, 4) is 0 Å². The Hall–Kier alpha value is -3.65. The summed E-state index contributed by atoms with van der Waals surface area (Å²) in [6.07, 6.45) is 0. The lowest BCUT2D eigenvalue weighted by molar-refractivity contribution is 0.238. The quantitative estimate of drug-likeness (QED) is 0.274. The molecular formula is C29H27Cl2N5O2. The standard InChI is InChI=1S/C29H27Cl2N5O2/c1-33-27-26(28(37)34(2)29(33)38)36(18-22-13-14-23(30)15-24(22)31)25(32-27)19-35(16-20-9-5-3-6-10-20)17-21-11-7-4-8-12-21/h3-15H,16-19H2,1-2H3. The number of hydrogen-bond donors (Lipinski definition) is 0. The van der Waals surface area contributed by atoms with Crippen molar-refractivity contribution in [3.63, 3.8) is 0 Å². The van der Waals surface area contributed by atoms with Crippen molar-refractivity contribution in [1.82, 2.24) is 23.6 Å². The minimum Gasteiger partial charge on any atom is -0.316 e. The van der Waals surface area contributed by atoms with Gasteiger partial charge in [-0.3, -0.25) is 18.8 Å². The van der Waals surface area contributed by atoms with E-state index in [2.05, 4.69) is 29.2 Å². The fourth-order valence-electron chi connectivity index (χ4n) is 4.65. The maximum Gasteiger partial charge on any atom is 0.332 e. The Bertz CT molecular complexity index is 1670. The fourth-order valence-corrected chi connectivity index (χ4v) is 5.12. The summed E-state index contributed by atoms with van der Waals surface area (Å²) in [4.78, 5) is 33.2. The number of hydrogen-bond acceptors (Lipinski definition) is 4. The lowest BCUT2D eigenvalue weighted by atomic mass is 10.1. The van der Waals surface area contributed by atoms with E-state index in [1.165, 1.54) is 11.6 Å². The van der Waals surface area contributed by atoms with Gasteiger partial charge in [0, 0.05) is 37.2 Å². The summed E-state index contributed by atoms with van der Waals surface area (Å²) in [7, 11) is 3.11. The molecule has 7 nitrogen and oxygen atoms in total. The minimum absolute atomic E-state index is 0.305. The Kier molecular flexibility index (Phi) is 7.51. The monoisotopic (exact) mass is 547 g/mol. The second kappa shape index (κ2) is 11.0. The Morgan fingerprint density at radius 3 is 1.97 bits per heavy atom. The van der Waals surface area contributed by atoms with Gasteiger partial charge in [-0.25, -0.2) is 9.78 Å². The van der Waals surface area contributed by atoms with Gasteiger partial charge in [0.05, 0.1) is 13.1 Å². The van der Waals surface area contributed by atoms with Crippen molar-refractivity contribution >= 4 is 34.4 Å². The highest BCUT2D eigenvalue weighted by Gasteiger charge is 2.22. The van der Waals surface area contributed by atoms with Crippen molar-refractivity contribution in [3.05, 3.63) is 132 Å². The van der Waals surface area contributed by atoms with Gasteiger partial charge in [0.1, 0.15) is 5.82 Å². The first-order valence-corrected chi connectivity index (χ1v) is 13.0. The predicted molar refractivity (Wildman–Crippen MR) is 152 cm³/mol. The Balaban J connectivity index is 1.64. The number of nitrogens with zero attached hydrogens (tertiary/aromatic N) is 5. The van der Waals surface area contributed by atoms with E-state index in [1.54, 1.807) is 19.2 Å². The van der Waals surface area contributed by atoms with Crippen molar-refractivity contribution in [2.45, 2.75) is 26.2 Å². The molecule has 2 aromatic heterocycles. The van der Waals surface area contributed by atoms with Gasteiger partial charge in [-0.05, 0) is 28.8 Å². The van der Waals surface area contributed by atoms with E-state index in [4.69, 9.17) is 28.2 Å². The topological polar surface area (TPSA) is 65.1 Å². The molecule has 0 unspecified atom stereocenters. The molecule has 5 aromatic rings. The molecule has 0 spiro atoms. The highest BCUT2D eigenvalue weighted by molar-refractivity contribution is 6.35. The highest BCUT2D eigenvalue weighted by Crippen LogP contribution is 2.24. The molecule has 0 saturated carbocycles. The van der Waals surface area contributed by atoms with Gasteiger partial charge in [0.15, 0.2) is 11.2 Å². The molecule has 2 heterocycles. The van der Waals surface area contributed by atoms with Crippen LogP contribution in [0.5, 0.6) is 0 Å². The van der Waals surface area contributed by atoms with Crippen LogP contribution in [0, 0.1) is 0 Å². The van der Waals surface area contributed by atoms with Crippen molar-refractivity contribution in [2.24, 2.45) is 14.1 Å². The predicted octanol–water partition coefficient (Wildman–Crippen LogP) is 4.99. The van der Waals surface area contributed by atoms with Gasteiger partial charge < -0.3 is 4.57 Å². The fraction of sp³-hybridized carbons (Fsp3) is 0.207. The third kappa shape index (κ3) is 5.31. The zero-order valence-corrected chi connectivity index (χ0v) is 22.7. The van der Waals surface area contributed by atoms with E-state index < -0.39 is 11.2 Å². The van der Waals surface area contributed by atoms with Crippen molar-refractivity contribution in [1.29, 1.82) is 0 Å². The molecule has 0 N–H and O–H groups in total. The summed E-state index contributed by atoms with van der Waals surface area (Å²) in [5.74, 6) is 0.663. The Morgan fingerprint density at radius 1 is 0.789 bits per heavy atom. The van der Waals surface area contributed by atoms with Crippen LogP contribution in [0.2, 0.25) is 10.0 Å². The number of benzene rings is 3. The summed E-state index contributed by atoms with van der Waals surface area (Å²) in [6, 6.07) is 25.7. The first-order valence-electron chi connectivity index (χ1n) is 12.2. The van der Waals surface area contributed by atoms with E-state index >= 15 is 0 Å². The van der Waals surface area contributed by atoms with Crippen LogP contribution in [0.3, 0.4) is 0 Å². The second-order valence-electron chi connectivity index (χ2n) is 9.34. The van der Waals surface area contributed by atoms with Crippen molar-refractivity contribution in [2.75, 3.05) is 0 Å². The Labute approximate surface area is 230 Å².